The molecule has 172 valence electrons. The van der Waals surface area contributed by atoms with Crippen LogP contribution in [0.3, 0.4) is 0 Å². The first-order valence-electron chi connectivity index (χ1n) is 10.2. The van der Waals surface area contributed by atoms with Crippen LogP contribution in [0.5, 0.6) is 0 Å². The third-order valence-electron chi connectivity index (χ3n) is 5.13. The fourth-order valence-electron chi connectivity index (χ4n) is 3.62. The van der Waals surface area contributed by atoms with Crippen LogP contribution in [0.15, 0.2) is 18.2 Å². The minimum atomic E-state index is -4.48. The van der Waals surface area contributed by atoms with Crippen LogP contribution in [0.1, 0.15) is 22.4 Å². The highest BCUT2D eigenvalue weighted by molar-refractivity contribution is 7.23. The SMILES string of the molecule is COCCNCCC(=O)Nc1sc2c(c1-c1nc3c(C(F)(F)F)cccc3s1)CCNC2. The van der Waals surface area contributed by atoms with Crippen LogP contribution in [-0.4, -0.2) is 44.2 Å². The molecule has 0 atom stereocenters. The average Bonchev–Trinajstić information content (AvgIpc) is 3.33. The Morgan fingerprint density at radius 3 is 2.91 bits per heavy atom. The van der Waals surface area contributed by atoms with Crippen LogP contribution in [0.25, 0.3) is 20.8 Å². The standard InChI is InChI=1S/C21H23F3N4O2S2/c1-30-10-9-25-8-6-16(29)27-19-17(12-5-7-26-11-15(12)32-19)20-28-18-13(21(22,23)24)3-2-4-14(18)31-20/h2-4,25-26H,5-11H2,1H3,(H,27,29). The molecule has 3 N–H and O–H groups in total. The number of benzene rings is 1. The van der Waals surface area contributed by atoms with Gasteiger partial charge in [0, 0.05) is 43.6 Å². The summed E-state index contributed by atoms with van der Waals surface area (Å²) < 4.78 is 45.9. The van der Waals surface area contributed by atoms with Gasteiger partial charge in [0.1, 0.15) is 10.0 Å². The van der Waals surface area contributed by atoms with Gasteiger partial charge in [-0.3, -0.25) is 4.79 Å². The van der Waals surface area contributed by atoms with Gasteiger partial charge in [-0.15, -0.1) is 22.7 Å². The number of fused-ring (bicyclic) bond motifs is 2. The maximum atomic E-state index is 13.5. The van der Waals surface area contributed by atoms with Gasteiger partial charge in [-0.25, -0.2) is 4.98 Å². The third kappa shape index (κ3) is 4.96. The Bertz CT molecular complexity index is 1110. The molecule has 3 aromatic rings. The largest absolute Gasteiger partial charge is 0.418 e. The van der Waals surface area contributed by atoms with Crippen LogP contribution in [0.4, 0.5) is 18.2 Å². The fourth-order valence-corrected chi connectivity index (χ4v) is 5.99. The second kappa shape index (κ2) is 9.84. The third-order valence-corrected chi connectivity index (χ3v) is 7.32. The van der Waals surface area contributed by atoms with Crippen LogP contribution in [0, 0.1) is 0 Å². The summed E-state index contributed by atoms with van der Waals surface area (Å²) in [7, 11) is 1.61. The number of para-hydroxylation sites is 1. The molecule has 3 heterocycles. The number of anilines is 1. The molecule has 0 spiro atoms. The van der Waals surface area contributed by atoms with E-state index in [1.54, 1.807) is 13.2 Å². The number of nitrogens with one attached hydrogen (secondary N) is 3. The second-order valence-electron chi connectivity index (χ2n) is 7.34. The molecule has 1 aliphatic heterocycles. The molecule has 1 aliphatic rings. The quantitative estimate of drug-likeness (QED) is 0.417. The number of carbonyl (C=O) groups excluding carboxylic acids is 1. The van der Waals surface area contributed by atoms with Crippen LogP contribution in [-0.2, 0) is 28.7 Å². The molecular formula is C21H23F3N4O2S2. The molecule has 32 heavy (non-hydrogen) atoms. The molecule has 11 heteroatoms. The lowest BCUT2D eigenvalue weighted by molar-refractivity contribution is -0.136. The number of aromatic nitrogens is 1. The molecule has 6 nitrogen and oxygen atoms in total. The van der Waals surface area contributed by atoms with E-state index in [1.807, 2.05) is 0 Å². The average molecular weight is 485 g/mol. The van der Waals surface area contributed by atoms with E-state index in [1.165, 1.54) is 28.7 Å². The number of alkyl halides is 3. The summed E-state index contributed by atoms with van der Waals surface area (Å²) in [5.41, 5.74) is 1.01. The molecule has 2 aromatic heterocycles. The summed E-state index contributed by atoms with van der Waals surface area (Å²) >= 11 is 2.69. The fraction of sp³-hybridized carbons (Fsp3) is 0.429. The predicted molar refractivity (Wildman–Crippen MR) is 121 cm³/mol. The van der Waals surface area contributed by atoms with Crippen molar-refractivity contribution in [1.82, 2.24) is 15.6 Å². The first-order valence-corrected chi connectivity index (χ1v) is 11.8. The number of methoxy groups -OCH3 is 1. The van der Waals surface area contributed by atoms with Crippen molar-refractivity contribution in [3.05, 3.63) is 34.2 Å². The maximum Gasteiger partial charge on any atom is 0.418 e. The minimum absolute atomic E-state index is 0.0477. The predicted octanol–water partition coefficient (Wildman–Crippen LogP) is 4.25. The van der Waals surface area contributed by atoms with Gasteiger partial charge in [-0.05, 0) is 30.7 Å². The van der Waals surface area contributed by atoms with Gasteiger partial charge in [0.15, 0.2) is 0 Å². The Hall–Kier alpha value is -2.05. The van der Waals surface area contributed by atoms with E-state index < -0.39 is 11.7 Å². The van der Waals surface area contributed by atoms with E-state index in [-0.39, 0.29) is 17.8 Å². The summed E-state index contributed by atoms with van der Waals surface area (Å²) in [5, 5.41) is 10.6. The Labute approximate surface area is 191 Å². The van der Waals surface area contributed by atoms with E-state index >= 15 is 0 Å². The van der Waals surface area contributed by atoms with Crippen molar-refractivity contribution in [3.63, 3.8) is 0 Å². The van der Waals surface area contributed by atoms with Gasteiger partial charge < -0.3 is 20.7 Å². The lowest BCUT2D eigenvalue weighted by Crippen LogP contribution is -2.24. The maximum absolute atomic E-state index is 13.5. The van der Waals surface area contributed by atoms with Crippen molar-refractivity contribution in [2.75, 3.05) is 38.7 Å². The Kier molecular flexibility index (Phi) is 7.11. The number of halogens is 3. The van der Waals surface area contributed by atoms with Crippen molar-refractivity contribution in [2.45, 2.75) is 25.6 Å². The first kappa shape index (κ1) is 23.1. The van der Waals surface area contributed by atoms with Crippen molar-refractivity contribution in [2.24, 2.45) is 0 Å². The van der Waals surface area contributed by atoms with Crippen LogP contribution in [0.2, 0.25) is 0 Å². The molecule has 1 aromatic carbocycles. The highest BCUT2D eigenvalue weighted by atomic mass is 32.1. The van der Waals surface area contributed by atoms with Crippen molar-refractivity contribution in [3.8, 4) is 10.6 Å². The van der Waals surface area contributed by atoms with E-state index in [2.05, 4.69) is 20.9 Å². The number of ether oxygens (including phenoxy) is 1. The molecule has 0 aliphatic carbocycles. The van der Waals surface area contributed by atoms with Gasteiger partial charge in [-0.1, -0.05) is 6.07 Å². The molecule has 0 saturated heterocycles. The summed E-state index contributed by atoms with van der Waals surface area (Å²) in [6.45, 7) is 3.16. The highest BCUT2D eigenvalue weighted by Gasteiger charge is 2.34. The van der Waals surface area contributed by atoms with Gasteiger partial charge in [0.2, 0.25) is 5.91 Å². The molecule has 4 rings (SSSR count). The van der Waals surface area contributed by atoms with Crippen molar-refractivity contribution < 1.29 is 22.7 Å². The number of amides is 1. The number of thiazole rings is 1. The number of hydrogen-bond acceptors (Lipinski definition) is 7. The lowest BCUT2D eigenvalue weighted by atomic mass is 10.0. The van der Waals surface area contributed by atoms with Crippen molar-refractivity contribution >= 4 is 43.8 Å². The second-order valence-corrected chi connectivity index (χ2v) is 9.48. The summed E-state index contributed by atoms with van der Waals surface area (Å²) in [6, 6.07) is 4.10. The van der Waals surface area contributed by atoms with E-state index in [9.17, 15) is 18.0 Å². The first-order chi connectivity index (χ1) is 15.4. The summed E-state index contributed by atoms with van der Waals surface area (Å²) in [4.78, 5) is 18.0. The molecular weight excluding hydrogens is 461 g/mol. The zero-order valence-electron chi connectivity index (χ0n) is 17.4. The Morgan fingerprint density at radius 1 is 1.28 bits per heavy atom. The number of thiophene rings is 1. The molecule has 1 amide bonds. The van der Waals surface area contributed by atoms with E-state index in [4.69, 9.17) is 4.74 Å². The number of carbonyl (C=O) groups is 1. The number of rotatable bonds is 8. The topological polar surface area (TPSA) is 75.3 Å². The van der Waals surface area contributed by atoms with Gasteiger partial charge in [-0.2, -0.15) is 13.2 Å². The molecule has 0 radical (unpaired) electrons. The normalized spacial score (nSPS) is 14.0. The minimum Gasteiger partial charge on any atom is -0.383 e. The van der Waals surface area contributed by atoms with Gasteiger partial charge in [0.05, 0.1) is 22.4 Å². The van der Waals surface area contributed by atoms with E-state index in [0.717, 1.165) is 35.0 Å². The monoisotopic (exact) mass is 484 g/mol. The van der Waals surface area contributed by atoms with Crippen molar-refractivity contribution in [1.29, 1.82) is 0 Å². The highest BCUT2D eigenvalue weighted by Crippen LogP contribution is 2.46. The molecule has 0 unspecified atom stereocenters. The van der Waals surface area contributed by atoms with E-state index in [0.29, 0.717) is 40.9 Å². The van der Waals surface area contributed by atoms with Crippen LogP contribution < -0.4 is 16.0 Å². The molecule has 0 bridgehead atoms. The van der Waals surface area contributed by atoms with Gasteiger partial charge >= 0.3 is 6.18 Å². The number of hydrogen-bond donors (Lipinski definition) is 3. The zero-order chi connectivity index (χ0) is 22.7. The number of nitrogens with zero attached hydrogens (tertiary/aromatic N) is 1. The molecule has 0 saturated carbocycles. The summed E-state index contributed by atoms with van der Waals surface area (Å²) in [5.74, 6) is -0.153. The Balaban J connectivity index is 1.65. The zero-order valence-corrected chi connectivity index (χ0v) is 19.0. The van der Waals surface area contributed by atoms with Gasteiger partial charge in [0.25, 0.3) is 0 Å². The lowest BCUT2D eigenvalue weighted by Gasteiger charge is -2.13. The van der Waals surface area contributed by atoms with Crippen LogP contribution >= 0.6 is 22.7 Å². The smallest absolute Gasteiger partial charge is 0.383 e. The summed E-state index contributed by atoms with van der Waals surface area (Å²) in [6.07, 6.45) is -3.46. The Morgan fingerprint density at radius 2 is 2.12 bits per heavy atom. The molecule has 0 fully saturated rings.